The van der Waals surface area contributed by atoms with Crippen LogP contribution in [0, 0.1) is 6.92 Å². The van der Waals surface area contributed by atoms with Crippen molar-refractivity contribution in [3.8, 4) is 17.2 Å². The average Bonchev–Trinajstić information content (AvgIpc) is 3.22. The number of sulfonamides is 1. The van der Waals surface area contributed by atoms with Gasteiger partial charge in [0.2, 0.25) is 6.79 Å². The number of aryl methyl sites for hydroxylation is 2. The van der Waals surface area contributed by atoms with Crippen molar-refractivity contribution in [2.75, 3.05) is 6.79 Å². The lowest BCUT2D eigenvalue weighted by Crippen LogP contribution is -2.40. The van der Waals surface area contributed by atoms with E-state index >= 15 is 0 Å². The molecule has 8 nitrogen and oxygen atoms in total. The normalized spacial score (nSPS) is 22.0. The molecule has 2 aromatic rings. The highest BCUT2D eigenvalue weighted by molar-refractivity contribution is 7.89. The molecule has 0 amide bonds. The molecule has 0 radical (unpaired) electrons. The van der Waals surface area contributed by atoms with Gasteiger partial charge >= 0.3 is 0 Å². The first-order valence-electron chi connectivity index (χ1n) is 9.00. The minimum Gasteiger partial charge on any atom is -0.490 e. The van der Waals surface area contributed by atoms with Gasteiger partial charge in [-0.05, 0) is 50.8 Å². The second-order valence-corrected chi connectivity index (χ2v) is 8.64. The lowest BCUT2D eigenvalue weighted by Gasteiger charge is -2.29. The van der Waals surface area contributed by atoms with Crippen LogP contribution in [0.5, 0.6) is 17.2 Å². The predicted octanol–water partition coefficient (Wildman–Crippen LogP) is 2.13. The Kier molecular flexibility index (Phi) is 4.73. The smallest absolute Gasteiger partial charge is 0.257 e. The standard InChI is InChI=1S/C18H23N3O5S/c1-12-9-18(21(2)19-12)27(22,23)20-13-3-5-14(6-4-13)26-15-7-8-16-17(10-15)25-11-24-16/h7-10,13-14,20H,3-6,11H2,1-2H3. The van der Waals surface area contributed by atoms with E-state index in [1.54, 1.807) is 20.0 Å². The molecule has 4 rings (SSSR count). The Balaban J connectivity index is 1.33. The molecule has 0 spiro atoms. The van der Waals surface area contributed by atoms with Crippen molar-refractivity contribution in [3.05, 3.63) is 30.0 Å². The van der Waals surface area contributed by atoms with E-state index in [-0.39, 0.29) is 24.0 Å². The number of rotatable bonds is 5. The minimum absolute atomic E-state index is 0.0603. The van der Waals surface area contributed by atoms with Gasteiger partial charge in [-0.3, -0.25) is 4.68 Å². The summed E-state index contributed by atoms with van der Waals surface area (Å²) in [6, 6.07) is 7.03. The third kappa shape index (κ3) is 3.89. The fourth-order valence-corrected chi connectivity index (χ4v) is 5.07. The Labute approximate surface area is 158 Å². The lowest BCUT2D eigenvalue weighted by molar-refractivity contribution is 0.143. The van der Waals surface area contributed by atoms with Gasteiger partial charge in [0.25, 0.3) is 10.0 Å². The first kappa shape index (κ1) is 18.1. The van der Waals surface area contributed by atoms with Gasteiger partial charge in [-0.1, -0.05) is 0 Å². The van der Waals surface area contributed by atoms with Gasteiger partial charge in [-0.15, -0.1) is 0 Å². The molecule has 1 aliphatic carbocycles. The van der Waals surface area contributed by atoms with E-state index in [4.69, 9.17) is 14.2 Å². The maximum atomic E-state index is 12.6. The molecule has 2 aliphatic rings. The molecular formula is C18H23N3O5S. The van der Waals surface area contributed by atoms with Crippen LogP contribution >= 0.6 is 0 Å². The van der Waals surface area contributed by atoms with Gasteiger partial charge in [0.1, 0.15) is 5.75 Å². The summed E-state index contributed by atoms with van der Waals surface area (Å²) >= 11 is 0. The molecule has 1 saturated carbocycles. The zero-order valence-corrected chi connectivity index (χ0v) is 16.2. The number of benzene rings is 1. The molecule has 146 valence electrons. The van der Waals surface area contributed by atoms with Crippen LogP contribution in [0.1, 0.15) is 31.4 Å². The average molecular weight is 393 g/mol. The molecule has 2 heterocycles. The van der Waals surface area contributed by atoms with Crippen molar-refractivity contribution in [2.45, 2.75) is 49.8 Å². The number of ether oxygens (including phenoxy) is 3. The van der Waals surface area contributed by atoms with E-state index in [9.17, 15) is 8.42 Å². The summed E-state index contributed by atoms with van der Waals surface area (Å²) in [4.78, 5) is 0. The fraction of sp³-hybridized carbons (Fsp3) is 0.500. The van der Waals surface area contributed by atoms with Crippen molar-refractivity contribution in [2.24, 2.45) is 7.05 Å². The van der Waals surface area contributed by atoms with Crippen LogP contribution in [0.25, 0.3) is 0 Å². The first-order valence-corrected chi connectivity index (χ1v) is 10.5. The molecule has 1 N–H and O–H groups in total. The molecule has 0 unspecified atom stereocenters. The third-order valence-corrected chi connectivity index (χ3v) is 6.45. The lowest BCUT2D eigenvalue weighted by atomic mass is 9.94. The predicted molar refractivity (Wildman–Crippen MR) is 97.5 cm³/mol. The molecule has 27 heavy (non-hydrogen) atoms. The van der Waals surface area contributed by atoms with Crippen molar-refractivity contribution in [1.29, 1.82) is 0 Å². The summed E-state index contributed by atoms with van der Waals surface area (Å²) < 4.78 is 46.1. The Morgan fingerprint density at radius 1 is 1.15 bits per heavy atom. The third-order valence-electron chi connectivity index (χ3n) is 4.88. The quantitative estimate of drug-likeness (QED) is 0.837. The van der Waals surface area contributed by atoms with E-state index in [1.807, 2.05) is 18.2 Å². The summed E-state index contributed by atoms with van der Waals surface area (Å²) in [5.74, 6) is 2.17. The number of nitrogens with one attached hydrogen (secondary N) is 1. The molecule has 0 atom stereocenters. The molecule has 1 aliphatic heterocycles. The van der Waals surface area contributed by atoms with Gasteiger partial charge in [-0.25, -0.2) is 13.1 Å². The summed E-state index contributed by atoms with van der Waals surface area (Å²) in [5, 5.41) is 4.31. The highest BCUT2D eigenvalue weighted by atomic mass is 32.2. The SMILES string of the molecule is Cc1cc(S(=O)(=O)NC2CCC(Oc3ccc4c(c3)OCO4)CC2)n(C)n1. The topological polar surface area (TPSA) is 91.7 Å². The van der Waals surface area contributed by atoms with Crippen LogP contribution in [0.4, 0.5) is 0 Å². The number of aromatic nitrogens is 2. The fourth-order valence-electron chi connectivity index (χ4n) is 3.56. The van der Waals surface area contributed by atoms with Gasteiger partial charge in [0.05, 0.1) is 11.8 Å². The molecule has 9 heteroatoms. The van der Waals surface area contributed by atoms with Gasteiger partial charge in [0.15, 0.2) is 16.5 Å². The van der Waals surface area contributed by atoms with Crippen molar-refractivity contribution in [3.63, 3.8) is 0 Å². The van der Waals surface area contributed by atoms with Crippen LogP contribution in [0.2, 0.25) is 0 Å². The van der Waals surface area contributed by atoms with Gasteiger partial charge in [-0.2, -0.15) is 5.10 Å². The summed E-state index contributed by atoms with van der Waals surface area (Å²) in [5.41, 5.74) is 0.679. The first-order chi connectivity index (χ1) is 12.9. The second kappa shape index (κ2) is 7.05. The van der Waals surface area contributed by atoms with E-state index in [2.05, 4.69) is 9.82 Å². The number of hydrogen-bond donors (Lipinski definition) is 1. The van der Waals surface area contributed by atoms with Crippen LogP contribution in [-0.4, -0.2) is 37.1 Å². The Bertz CT molecular complexity index is 932. The van der Waals surface area contributed by atoms with Crippen molar-refractivity contribution in [1.82, 2.24) is 14.5 Å². The largest absolute Gasteiger partial charge is 0.490 e. The van der Waals surface area contributed by atoms with Gasteiger partial charge < -0.3 is 14.2 Å². The Hall–Kier alpha value is -2.26. The maximum Gasteiger partial charge on any atom is 0.257 e. The molecular weight excluding hydrogens is 370 g/mol. The molecule has 1 aromatic carbocycles. The van der Waals surface area contributed by atoms with E-state index < -0.39 is 10.0 Å². The van der Waals surface area contributed by atoms with Crippen LogP contribution < -0.4 is 18.9 Å². The van der Waals surface area contributed by atoms with E-state index in [1.165, 1.54) is 4.68 Å². The Morgan fingerprint density at radius 3 is 2.59 bits per heavy atom. The summed E-state index contributed by atoms with van der Waals surface area (Å²) in [6.45, 7) is 2.01. The molecule has 0 saturated heterocycles. The van der Waals surface area contributed by atoms with Crippen molar-refractivity contribution >= 4 is 10.0 Å². The number of nitrogens with zero attached hydrogens (tertiary/aromatic N) is 2. The Morgan fingerprint density at radius 2 is 1.89 bits per heavy atom. The van der Waals surface area contributed by atoms with Crippen LogP contribution in [-0.2, 0) is 17.1 Å². The molecule has 1 aromatic heterocycles. The van der Waals surface area contributed by atoms with Crippen LogP contribution in [0.3, 0.4) is 0 Å². The maximum absolute atomic E-state index is 12.6. The number of fused-ring (bicyclic) bond motifs is 1. The monoisotopic (exact) mass is 393 g/mol. The molecule has 0 bridgehead atoms. The summed E-state index contributed by atoms with van der Waals surface area (Å²) in [7, 11) is -1.94. The van der Waals surface area contributed by atoms with Gasteiger partial charge in [0, 0.05) is 19.2 Å². The summed E-state index contributed by atoms with van der Waals surface area (Å²) in [6.07, 6.45) is 3.08. The minimum atomic E-state index is -3.57. The molecule has 1 fully saturated rings. The van der Waals surface area contributed by atoms with E-state index in [0.29, 0.717) is 11.4 Å². The highest BCUT2D eigenvalue weighted by Gasteiger charge is 2.28. The zero-order valence-electron chi connectivity index (χ0n) is 15.3. The highest BCUT2D eigenvalue weighted by Crippen LogP contribution is 2.36. The zero-order chi connectivity index (χ0) is 19.0. The van der Waals surface area contributed by atoms with Crippen LogP contribution in [0.15, 0.2) is 29.3 Å². The second-order valence-electron chi connectivity index (χ2n) is 6.98. The number of hydrogen-bond acceptors (Lipinski definition) is 6. The van der Waals surface area contributed by atoms with Crippen molar-refractivity contribution < 1.29 is 22.6 Å². The van der Waals surface area contributed by atoms with E-state index in [0.717, 1.165) is 37.2 Å².